The number of alkyl halides is 3. The molecule has 3 aromatic rings. The van der Waals surface area contributed by atoms with Crippen LogP contribution in [0.2, 0.25) is 0 Å². The summed E-state index contributed by atoms with van der Waals surface area (Å²) >= 11 is 0. The Balaban J connectivity index is 1.31. The van der Waals surface area contributed by atoms with Gasteiger partial charge in [-0.1, -0.05) is 0 Å². The molecule has 1 saturated heterocycles. The predicted molar refractivity (Wildman–Crippen MR) is 114 cm³/mol. The molecule has 166 valence electrons. The zero-order valence-corrected chi connectivity index (χ0v) is 17.1. The third-order valence-corrected chi connectivity index (χ3v) is 5.69. The molecule has 2 aromatic heterocycles. The van der Waals surface area contributed by atoms with Gasteiger partial charge in [0.2, 0.25) is 0 Å². The number of hydrogen-bond acceptors (Lipinski definition) is 6. The molecule has 1 aliphatic heterocycles. The molecule has 0 radical (unpaired) electrons. The summed E-state index contributed by atoms with van der Waals surface area (Å²) in [6.07, 6.45) is 1.14. The van der Waals surface area contributed by atoms with E-state index in [9.17, 15) is 18.0 Å². The fourth-order valence-electron chi connectivity index (χ4n) is 3.74. The Hall–Kier alpha value is -3.43. The molecule has 32 heavy (non-hydrogen) atoms. The van der Waals surface area contributed by atoms with E-state index in [0.717, 1.165) is 42.1 Å². The Morgan fingerprint density at radius 3 is 2.34 bits per heavy atom. The maximum absolute atomic E-state index is 12.8. The number of benzene rings is 1. The maximum Gasteiger partial charge on any atom is 0.416 e. The lowest BCUT2D eigenvalue weighted by molar-refractivity contribution is -0.137. The number of fused-ring (bicyclic) bond motifs is 1. The Morgan fingerprint density at radius 2 is 1.69 bits per heavy atom. The van der Waals surface area contributed by atoms with Gasteiger partial charge in [0.05, 0.1) is 17.3 Å². The fourth-order valence-corrected chi connectivity index (χ4v) is 3.74. The van der Waals surface area contributed by atoms with Crippen LogP contribution in [-0.2, 0) is 6.18 Å². The SMILES string of the molecule is O=C(c1ccc(C(F)(F)F)cc1)N1CCN(c2nc3cnccc3nc2NC2CC2)CC1. The van der Waals surface area contributed by atoms with Gasteiger partial charge in [-0.3, -0.25) is 9.78 Å². The molecule has 1 aliphatic carbocycles. The van der Waals surface area contributed by atoms with Gasteiger partial charge < -0.3 is 15.1 Å². The predicted octanol–water partition coefficient (Wildman–Crippen LogP) is 3.58. The van der Waals surface area contributed by atoms with Crippen LogP contribution in [0.25, 0.3) is 11.0 Å². The fraction of sp³-hybridized carbons (Fsp3) is 0.364. The second kappa shape index (κ2) is 7.92. The van der Waals surface area contributed by atoms with Crippen LogP contribution in [-0.4, -0.2) is 58.0 Å². The summed E-state index contributed by atoms with van der Waals surface area (Å²) < 4.78 is 38.3. The van der Waals surface area contributed by atoms with Crippen LogP contribution in [0, 0.1) is 0 Å². The second-order valence-corrected chi connectivity index (χ2v) is 8.03. The third-order valence-electron chi connectivity index (χ3n) is 5.69. The van der Waals surface area contributed by atoms with Crippen molar-refractivity contribution in [3.05, 3.63) is 53.9 Å². The number of carbonyl (C=O) groups excluding carboxylic acids is 1. The summed E-state index contributed by atoms with van der Waals surface area (Å²) in [6, 6.07) is 6.58. The average molecular weight is 442 g/mol. The number of pyridine rings is 1. The molecule has 5 rings (SSSR count). The van der Waals surface area contributed by atoms with Crippen molar-refractivity contribution in [2.75, 3.05) is 36.4 Å². The van der Waals surface area contributed by atoms with Crippen LogP contribution >= 0.6 is 0 Å². The van der Waals surface area contributed by atoms with Gasteiger partial charge in [0.1, 0.15) is 5.52 Å². The van der Waals surface area contributed by atoms with E-state index in [2.05, 4.69) is 15.2 Å². The van der Waals surface area contributed by atoms with Crippen molar-refractivity contribution in [1.29, 1.82) is 0 Å². The van der Waals surface area contributed by atoms with E-state index in [1.165, 1.54) is 12.1 Å². The van der Waals surface area contributed by atoms with Crippen molar-refractivity contribution >= 4 is 28.6 Å². The summed E-state index contributed by atoms with van der Waals surface area (Å²) in [5, 5.41) is 3.44. The molecule has 2 aliphatic rings. The van der Waals surface area contributed by atoms with Crippen molar-refractivity contribution in [1.82, 2.24) is 19.9 Å². The van der Waals surface area contributed by atoms with Gasteiger partial charge in [-0.15, -0.1) is 0 Å². The van der Waals surface area contributed by atoms with Crippen LogP contribution in [0.1, 0.15) is 28.8 Å². The highest BCUT2D eigenvalue weighted by molar-refractivity contribution is 5.94. The van der Waals surface area contributed by atoms with Gasteiger partial charge in [-0.25, -0.2) is 9.97 Å². The quantitative estimate of drug-likeness (QED) is 0.666. The van der Waals surface area contributed by atoms with Gasteiger partial charge in [0, 0.05) is 44.0 Å². The highest BCUT2D eigenvalue weighted by Crippen LogP contribution is 2.32. The van der Waals surface area contributed by atoms with Crippen LogP contribution in [0.4, 0.5) is 24.8 Å². The van der Waals surface area contributed by atoms with E-state index in [1.807, 2.05) is 6.07 Å². The molecule has 1 amide bonds. The van der Waals surface area contributed by atoms with E-state index in [4.69, 9.17) is 9.97 Å². The molecule has 1 N–H and O–H groups in total. The number of rotatable bonds is 4. The number of nitrogens with one attached hydrogen (secondary N) is 1. The van der Waals surface area contributed by atoms with Gasteiger partial charge >= 0.3 is 6.18 Å². The number of amides is 1. The lowest BCUT2D eigenvalue weighted by Gasteiger charge is -2.36. The van der Waals surface area contributed by atoms with Crippen molar-refractivity contribution in [3.63, 3.8) is 0 Å². The smallest absolute Gasteiger partial charge is 0.364 e. The normalized spacial score (nSPS) is 17.0. The first-order chi connectivity index (χ1) is 15.4. The third kappa shape index (κ3) is 4.17. The van der Waals surface area contributed by atoms with Crippen molar-refractivity contribution < 1.29 is 18.0 Å². The molecule has 2 fully saturated rings. The lowest BCUT2D eigenvalue weighted by atomic mass is 10.1. The monoisotopic (exact) mass is 442 g/mol. The topological polar surface area (TPSA) is 74.2 Å². The molecule has 10 heteroatoms. The van der Waals surface area contributed by atoms with Crippen LogP contribution in [0.15, 0.2) is 42.7 Å². The minimum absolute atomic E-state index is 0.249. The van der Waals surface area contributed by atoms with E-state index in [-0.39, 0.29) is 11.5 Å². The molecule has 3 heterocycles. The molecule has 0 spiro atoms. The maximum atomic E-state index is 12.8. The summed E-state index contributed by atoms with van der Waals surface area (Å²) in [5.41, 5.74) is 0.952. The highest BCUT2D eigenvalue weighted by Gasteiger charge is 2.31. The first kappa shape index (κ1) is 20.5. The first-order valence-corrected chi connectivity index (χ1v) is 10.5. The minimum atomic E-state index is -4.42. The highest BCUT2D eigenvalue weighted by atomic mass is 19.4. The molecule has 0 unspecified atom stereocenters. The van der Waals surface area contributed by atoms with Crippen LogP contribution in [0.3, 0.4) is 0 Å². The molecular formula is C22H21F3N6O. The van der Waals surface area contributed by atoms with E-state index >= 15 is 0 Å². The van der Waals surface area contributed by atoms with Crippen molar-refractivity contribution in [2.24, 2.45) is 0 Å². The molecule has 1 saturated carbocycles. The van der Waals surface area contributed by atoms with E-state index < -0.39 is 11.7 Å². The number of aromatic nitrogens is 3. The van der Waals surface area contributed by atoms with Crippen molar-refractivity contribution in [2.45, 2.75) is 25.1 Å². The largest absolute Gasteiger partial charge is 0.416 e. The van der Waals surface area contributed by atoms with Crippen molar-refractivity contribution in [3.8, 4) is 0 Å². The van der Waals surface area contributed by atoms with Gasteiger partial charge in [0.15, 0.2) is 11.6 Å². The number of hydrogen-bond donors (Lipinski definition) is 1. The van der Waals surface area contributed by atoms with Crippen LogP contribution in [0.5, 0.6) is 0 Å². The standard InChI is InChI=1S/C22H21F3N6O/c23-22(24,25)15-3-1-14(2-4-15)21(32)31-11-9-30(10-12-31)20-19(27-16-5-6-16)28-17-7-8-26-13-18(17)29-20/h1-4,7-8,13,16H,5-6,9-12H2,(H,27,28). The zero-order valence-electron chi connectivity index (χ0n) is 17.1. The Bertz CT molecular complexity index is 1140. The average Bonchev–Trinajstić information content (AvgIpc) is 3.62. The Morgan fingerprint density at radius 1 is 0.969 bits per heavy atom. The number of piperazine rings is 1. The molecule has 1 aromatic carbocycles. The second-order valence-electron chi connectivity index (χ2n) is 8.03. The molecule has 0 atom stereocenters. The van der Waals surface area contributed by atoms with Gasteiger partial charge in [-0.05, 0) is 43.2 Å². The van der Waals surface area contributed by atoms with Crippen LogP contribution < -0.4 is 10.2 Å². The van der Waals surface area contributed by atoms with Gasteiger partial charge in [-0.2, -0.15) is 13.2 Å². The lowest BCUT2D eigenvalue weighted by Crippen LogP contribution is -2.49. The Kier molecular flexibility index (Phi) is 5.07. The number of halogens is 3. The Labute approximate surface area is 182 Å². The molecule has 0 bridgehead atoms. The number of carbonyl (C=O) groups is 1. The summed E-state index contributed by atoms with van der Waals surface area (Å²) in [4.78, 5) is 30.1. The van der Waals surface area contributed by atoms with Gasteiger partial charge in [0.25, 0.3) is 5.91 Å². The first-order valence-electron chi connectivity index (χ1n) is 10.5. The summed E-state index contributed by atoms with van der Waals surface area (Å²) in [5.74, 6) is 1.19. The molecular weight excluding hydrogens is 421 g/mol. The minimum Gasteiger partial charge on any atom is -0.364 e. The zero-order chi connectivity index (χ0) is 22.3. The van der Waals surface area contributed by atoms with E-state index in [1.54, 1.807) is 17.3 Å². The summed E-state index contributed by atoms with van der Waals surface area (Å²) in [6.45, 7) is 1.98. The molecule has 7 nitrogen and oxygen atoms in total. The summed E-state index contributed by atoms with van der Waals surface area (Å²) in [7, 11) is 0. The van der Waals surface area contributed by atoms with E-state index in [0.29, 0.717) is 37.7 Å². The number of anilines is 2. The number of nitrogens with zero attached hydrogens (tertiary/aromatic N) is 5.